The van der Waals surface area contributed by atoms with Gasteiger partial charge in [-0.1, -0.05) is 30.3 Å². The van der Waals surface area contributed by atoms with Crippen LogP contribution in [0, 0.1) is 11.6 Å². The van der Waals surface area contributed by atoms with Gasteiger partial charge in [-0.3, -0.25) is 14.8 Å². The first kappa shape index (κ1) is 23.2. The van der Waals surface area contributed by atoms with E-state index < -0.39 is 27.7 Å². The van der Waals surface area contributed by atoms with E-state index in [-0.39, 0.29) is 27.5 Å². The van der Waals surface area contributed by atoms with Crippen molar-refractivity contribution >= 4 is 38.4 Å². The lowest BCUT2D eigenvalue weighted by molar-refractivity contribution is 0.0998. The molecule has 5 aromatic rings. The maximum absolute atomic E-state index is 14.1. The molecule has 0 saturated carbocycles. The van der Waals surface area contributed by atoms with Gasteiger partial charge in [0.25, 0.3) is 5.91 Å². The third-order valence-electron chi connectivity index (χ3n) is 5.31. The Morgan fingerprint density at radius 1 is 0.833 bits per heavy atom. The summed E-state index contributed by atoms with van der Waals surface area (Å²) in [5, 5.41) is 7.28. The van der Waals surface area contributed by atoms with Crippen molar-refractivity contribution in [2.24, 2.45) is 0 Å². The molecular formula is C26H17F2N3O4S. The molecule has 1 N–H and O–H groups in total. The molecule has 1 heterocycles. The van der Waals surface area contributed by atoms with Crippen molar-refractivity contribution < 1.29 is 26.2 Å². The topological polar surface area (TPSA) is 92.4 Å². The van der Waals surface area contributed by atoms with Crippen LogP contribution in [0.3, 0.4) is 0 Å². The maximum atomic E-state index is 14.1. The molecule has 180 valence electrons. The number of aromatic amines is 1. The summed E-state index contributed by atoms with van der Waals surface area (Å²) < 4.78 is 58.6. The van der Waals surface area contributed by atoms with E-state index in [0.29, 0.717) is 11.1 Å². The maximum Gasteiger partial charge on any atom is 0.339 e. The van der Waals surface area contributed by atoms with Crippen molar-refractivity contribution in [3.8, 4) is 5.75 Å². The van der Waals surface area contributed by atoms with Crippen LogP contribution < -0.4 is 9.08 Å². The van der Waals surface area contributed by atoms with Crippen LogP contribution in [0.25, 0.3) is 10.9 Å². The normalized spacial score (nSPS) is 11.4. The van der Waals surface area contributed by atoms with Gasteiger partial charge in [0.1, 0.15) is 22.3 Å². The van der Waals surface area contributed by atoms with E-state index in [1.165, 1.54) is 59.5 Å². The van der Waals surface area contributed by atoms with E-state index in [2.05, 4.69) is 10.2 Å². The van der Waals surface area contributed by atoms with Crippen LogP contribution in [0.5, 0.6) is 5.75 Å². The number of anilines is 2. The van der Waals surface area contributed by atoms with Crippen molar-refractivity contribution in [2.45, 2.75) is 4.90 Å². The SMILES string of the molecule is O=C(c1ccccc1)N(c1cccc(F)c1)c1n[nH]c2ccc(S(=O)(=O)Oc3cccc(F)c3)cc12. The highest BCUT2D eigenvalue weighted by molar-refractivity contribution is 7.87. The molecule has 0 aliphatic heterocycles. The van der Waals surface area contributed by atoms with E-state index in [9.17, 15) is 22.0 Å². The first-order valence-corrected chi connectivity index (χ1v) is 12.1. The van der Waals surface area contributed by atoms with Gasteiger partial charge in [0.2, 0.25) is 0 Å². The standard InChI is InChI=1S/C26H17F2N3O4S/c27-18-8-4-10-20(14-18)31(26(32)17-6-2-1-3-7-17)25-23-16-22(12-13-24(23)29-30-25)36(33,34)35-21-11-5-9-19(28)15-21/h1-16H,(H,29,30). The Balaban J connectivity index is 1.62. The van der Waals surface area contributed by atoms with Gasteiger partial charge in [0, 0.05) is 17.0 Å². The van der Waals surface area contributed by atoms with Crippen molar-refractivity contribution in [3.63, 3.8) is 0 Å². The van der Waals surface area contributed by atoms with Crippen LogP contribution in [-0.4, -0.2) is 24.5 Å². The molecule has 0 fully saturated rings. The summed E-state index contributed by atoms with van der Waals surface area (Å²) in [6.45, 7) is 0. The number of halogens is 2. The van der Waals surface area contributed by atoms with Gasteiger partial charge in [-0.25, -0.2) is 8.78 Å². The van der Waals surface area contributed by atoms with Gasteiger partial charge < -0.3 is 4.18 Å². The zero-order chi connectivity index (χ0) is 25.3. The molecule has 0 aliphatic rings. The minimum atomic E-state index is -4.36. The second-order valence-electron chi connectivity index (χ2n) is 7.74. The zero-order valence-corrected chi connectivity index (χ0v) is 19.2. The van der Waals surface area contributed by atoms with Crippen LogP contribution >= 0.6 is 0 Å². The van der Waals surface area contributed by atoms with E-state index >= 15 is 0 Å². The van der Waals surface area contributed by atoms with E-state index in [0.717, 1.165) is 12.1 Å². The van der Waals surface area contributed by atoms with Crippen LogP contribution in [0.15, 0.2) is 102 Å². The highest BCUT2D eigenvalue weighted by atomic mass is 32.2. The number of rotatable bonds is 6. The summed E-state index contributed by atoms with van der Waals surface area (Å²) in [6, 6.07) is 22.5. The molecular weight excluding hydrogens is 488 g/mol. The first-order chi connectivity index (χ1) is 17.3. The third-order valence-corrected chi connectivity index (χ3v) is 6.55. The Labute approximate surface area is 204 Å². The molecule has 0 spiro atoms. The van der Waals surface area contributed by atoms with E-state index in [1.54, 1.807) is 30.3 Å². The van der Waals surface area contributed by atoms with Crippen LogP contribution in [0.1, 0.15) is 10.4 Å². The number of amides is 1. The minimum absolute atomic E-state index is 0.0623. The lowest BCUT2D eigenvalue weighted by Crippen LogP contribution is -2.26. The smallest absolute Gasteiger partial charge is 0.339 e. The summed E-state index contributed by atoms with van der Waals surface area (Å²) in [7, 11) is -4.36. The summed E-state index contributed by atoms with van der Waals surface area (Å²) in [5.74, 6) is -1.85. The number of nitrogens with zero attached hydrogens (tertiary/aromatic N) is 2. The van der Waals surface area contributed by atoms with Crippen LogP contribution in [0.4, 0.5) is 20.3 Å². The first-order valence-electron chi connectivity index (χ1n) is 10.6. The lowest BCUT2D eigenvalue weighted by Gasteiger charge is -2.21. The number of nitrogens with one attached hydrogen (secondary N) is 1. The number of aromatic nitrogens is 2. The second-order valence-corrected chi connectivity index (χ2v) is 9.28. The summed E-state index contributed by atoms with van der Waals surface area (Å²) in [6.07, 6.45) is 0. The highest BCUT2D eigenvalue weighted by Crippen LogP contribution is 2.34. The van der Waals surface area contributed by atoms with Crippen molar-refractivity contribution in [1.29, 1.82) is 0 Å². The number of fused-ring (bicyclic) bond motifs is 1. The number of benzene rings is 4. The van der Waals surface area contributed by atoms with Gasteiger partial charge in [0.15, 0.2) is 5.82 Å². The molecule has 0 radical (unpaired) electrons. The number of H-pyrrole nitrogens is 1. The number of hydrogen-bond acceptors (Lipinski definition) is 5. The average Bonchev–Trinajstić information content (AvgIpc) is 3.27. The molecule has 7 nitrogen and oxygen atoms in total. The number of hydrogen-bond donors (Lipinski definition) is 1. The second kappa shape index (κ2) is 9.23. The molecule has 0 aliphatic carbocycles. The molecule has 0 saturated heterocycles. The van der Waals surface area contributed by atoms with Gasteiger partial charge in [-0.05, 0) is 60.7 Å². The van der Waals surface area contributed by atoms with Crippen LogP contribution in [0.2, 0.25) is 0 Å². The Hall–Kier alpha value is -4.57. The van der Waals surface area contributed by atoms with Gasteiger partial charge in [0.05, 0.1) is 11.2 Å². The van der Waals surface area contributed by atoms with Crippen molar-refractivity contribution in [1.82, 2.24) is 10.2 Å². The molecule has 0 atom stereocenters. The van der Waals surface area contributed by atoms with Gasteiger partial charge in [-0.15, -0.1) is 0 Å². The van der Waals surface area contributed by atoms with Crippen LogP contribution in [-0.2, 0) is 10.1 Å². The zero-order valence-electron chi connectivity index (χ0n) is 18.4. The Morgan fingerprint density at radius 3 is 2.28 bits per heavy atom. The Bertz CT molecular complexity index is 1690. The fraction of sp³-hybridized carbons (Fsp3) is 0. The molecule has 1 amide bonds. The van der Waals surface area contributed by atoms with Gasteiger partial charge in [-0.2, -0.15) is 13.5 Å². The molecule has 4 aromatic carbocycles. The molecule has 0 bridgehead atoms. The molecule has 5 rings (SSSR count). The minimum Gasteiger partial charge on any atom is -0.379 e. The molecule has 10 heteroatoms. The number of carbonyl (C=O) groups excluding carboxylic acids is 1. The summed E-state index contributed by atoms with van der Waals surface area (Å²) in [5.41, 5.74) is 0.939. The monoisotopic (exact) mass is 505 g/mol. The fourth-order valence-corrected chi connectivity index (χ4v) is 4.61. The molecule has 1 aromatic heterocycles. The predicted octanol–water partition coefficient (Wildman–Crippen LogP) is 5.59. The number of carbonyl (C=O) groups is 1. The van der Waals surface area contributed by atoms with Gasteiger partial charge >= 0.3 is 10.1 Å². The third kappa shape index (κ3) is 4.53. The quantitative estimate of drug-likeness (QED) is 0.304. The predicted molar refractivity (Wildman–Crippen MR) is 130 cm³/mol. The average molecular weight is 506 g/mol. The largest absolute Gasteiger partial charge is 0.379 e. The molecule has 0 unspecified atom stereocenters. The Morgan fingerprint density at radius 2 is 1.56 bits per heavy atom. The highest BCUT2D eigenvalue weighted by Gasteiger charge is 2.26. The van der Waals surface area contributed by atoms with E-state index in [1.807, 2.05) is 0 Å². The summed E-state index contributed by atoms with van der Waals surface area (Å²) in [4.78, 5) is 14.5. The lowest BCUT2D eigenvalue weighted by atomic mass is 10.1. The van der Waals surface area contributed by atoms with Crippen molar-refractivity contribution in [3.05, 3.63) is 114 Å². The summed E-state index contributed by atoms with van der Waals surface area (Å²) >= 11 is 0. The molecule has 36 heavy (non-hydrogen) atoms. The fourth-order valence-electron chi connectivity index (χ4n) is 3.66. The van der Waals surface area contributed by atoms with Crippen molar-refractivity contribution in [2.75, 3.05) is 4.90 Å². The Kier molecular flexibility index (Phi) is 5.95. The van der Waals surface area contributed by atoms with E-state index in [4.69, 9.17) is 4.18 Å².